The third kappa shape index (κ3) is 4.97. The van der Waals surface area contributed by atoms with Crippen molar-refractivity contribution < 1.29 is 9.90 Å². The Morgan fingerprint density at radius 3 is 2.75 bits per heavy atom. The van der Waals surface area contributed by atoms with Crippen LogP contribution in [-0.4, -0.2) is 49.2 Å². The van der Waals surface area contributed by atoms with E-state index in [1.54, 1.807) is 6.07 Å². The normalized spacial score (nSPS) is 12.2. The van der Waals surface area contributed by atoms with Crippen LogP contribution in [0.1, 0.15) is 29.1 Å². The molecule has 5 heteroatoms. The number of nitrogens with zero attached hydrogens (tertiary/aromatic N) is 1. The van der Waals surface area contributed by atoms with Gasteiger partial charge in [-0.1, -0.05) is 25.7 Å². The van der Waals surface area contributed by atoms with Gasteiger partial charge in [0.05, 0.1) is 0 Å². The number of aliphatic hydroxyl groups is 1. The van der Waals surface area contributed by atoms with E-state index in [1.165, 1.54) is 11.3 Å². The van der Waals surface area contributed by atoms with E-state index in [9.17, 15) is 4.79 Å². The molecule has 2 N–H and O–H groups in total. The standard InChI is InChI=1S/C15H22N2O2S/c1-11(2)13(10-17(3)4)16-15(19)14-12(6-5-8-18)7-9-20-14/h7,9,11,13,18H,8,10H2,1-4H3,(H,16,19). The maximum atomic E-state index is 12.3. The van der Waals surface area contributed by atoms with E-state index >= 15 is 0 Å². The van der Waals surface area contributed by atoms with Crippen LogP contribution in [0.15, 0.2) is 11.4 Å². The number of carbonyl (C=O) groups excluding carboxylic acids is 1. The predicted octanol–water partition coefficient (Wildman–Crippen LogP) is 1.41. The van der Waals surface area contributed by atoms with Crippen molar-refractivity contribution in [3.8, 4) is 11.8 Å². The van der Waals surface area contributed by atoms with Crippen LogP contribution in [0.5, 0.6) is 0 Å². The molecule has 20 heavy (non-hydrogen) atoms. The van der Waals surface area contributed by atoms with Gasteiger partial charge < -0.3 is 15.3 Å². The van der Waals surface area contributed by atoms with E-state index in [0.29, 0.717) is 16.4 Å². The van der Waals surface area contributed by atoms with Gasteiger partial charge in [0, 0.05) is 18.2 Å². The third-order valence-electron chi connectivity index (χ3n) is 2.86. The van der Waals surface area contributed by atoms with Crippen molar-refractivity contribution in [2.45, 2.75) is 19.9 Å². The molecule has 0 aliphatic heterocycles. The van der Waals surface area contributed by atoms with Gasteiger partial charge >= 0.3 is 0 Å². The highest BCUT2D eigenvalue weighted by molar-refractivity contribution is 7.12. The van der Waals surface area contributed by atoms with E-state index in [4.69, 9.17) is 5.11 Å². The second-order valence-corrected chi connectivity index (χ2v) is 6.13. The Morgan fingerprint density at radius 1 is 1.50 bits per heavy atom. The lowest BCUT2D eigenvalue weighted by Crippen LogP contribution is -2.44. The molecular formula is C15H22N2O2S. The van der Waals surface area contributed by atoms with E-state index < -0.39 is 0 Å². The zero-order chi connectivity index (χ0) is 15.1. The molecule has 1 atom stereocenters. The average Bonchev–Trinajstić information content (AvgIpc) is 2.83. The molecular weight excluding hydrogens is 272 g/mol. The largest absolute Gasteiger partial charge is 0.384 e. The Kier molecular flexibility index (Phi) is 6.73. The molecule has 0 bridgehead atoms. The van der Waals surface area contributed by atoms with E-state index in [-0.39, 0.29) is 18.6 Å². The van der Waals surface area contributed by atoms with Gasteiger partial charge in [0.1, 0.15) is 11.5 Å². The topological polar surface area (TPSA) is 52.6 Å². The molecule has 0 saturated carbocycles. The average molecular weight is 294 g/mol. The van der Waals surface area contributed by atoms with E-state index in [0.717, 1.165) is 6.54 Å². The zero-order valence-electron chi connectivity index (χ0n) is 12.4. The number of amides is 1. The monoisotopic (exact) mass is 294 g/mol. The zero-order valence-corrected chi connectivity index (χ0v) is 13.3. The van der Waals surface area contributed by atoms with Crippen LogP contribution < -0.4 is 5.32 Å². The van der Waals surface area contributed by atoms with Crippen LogP contribution >= 0.6 is 11.3 Å². The highest BCUT2D eigenvalue weighted by atomic mass is 32.1. The number of aliphatic hydroxyl groups excluding tert-OH is 1. The predicted molar refractivity (Wildman–Crippen MR) is 82.9 cm³/mol. The second-order valence-electron chi connectivity index (χ2n) is 5.21. The van der Waals surface area contributed by atoms with Gasteiger partial charge in [0.15, 0.2) is 0 Å². The summed E-state index contributed by atoms with van der Waals surface area (Å²) in [6, 6.07) is 1.90. The summed E-state index contributed by atoms with van der Waals surface area (Å²) in [5.74, 6) is 5.64. The fourth-order valence-corrected chi connectivity index (χ4v) is 2.52. The molecule has 1 amide bonds. The summed E-state index contributed by atoms with van der Waals surface area (Å²) < 4.78 is 0. The van der Waals surface area contributed by atoms with Gasteiger partial charge in [-0.3, -0.25) is 4.79 Å². The van der Waals surface area contributed by atoms with Crippen molar-refractivity contribution in [3.05, 3.63) is 21.9 Å². The quantitative estimate of drug-likeness (QED) is 0.807. The summed E-state index contributed by atoms with van der Waals surface area (Å²) in [7, 11) is 3.98. The van der Waals surface area contributed by atoms with Crippen molar-refractivity contribution in [2.75, 3.05) is 27.2 Å². The highest BCUT2D eigenvalue weighted by Crippen LogP contribution is 2.16. The van der Waals surface area contributed by atoms with Gasteiger partial charge in [-0.05, 0) is 31.5 Å². The number of rotatable bonds is 5. The van der Waals surface area contributed by atoms with Gasteiger partial charge in [-0.2, -0.15) is 0 Å². The molecule has 1 heterocycles. The van der Waals surface area contributed by atoms with Crippen molar-refractivity contribution in [3.63, 3.8) is 0 Å². The Bertz CT molecular complexity index is 497. The Morgan fingerprint density at radius 2 is 2.20 bits per heavy atom. The maximum absolute atomic E-state index is 12.3. The number of nitrogens with one attached hydrogen (secondary N) is 1. The summed E-state index contributed by atoms with van der Waals surface area (Å²) >= 11 is 1.37. The molecule has 1 aromatic heterocycles. The first-order chi connectivity index (χ1) is 9.45. The molecule has 0 fully saturated rings. The lowest BCUT2D eigenvalue weighted by atomic mass is 10.0. The third-order valence-corrected chi connectivity index (χ3v) is 3.77. The molecule has 110 valence electrons. The number of hydrogen-bond donors (Lipinski definition) is 2. The van der Waals surface area contributed by atoms with Gasteiger partial charge in [-0.15, -0.1) is 11.3 Å². The van der Waals surface area contributed by atoms with Crippen LogP contribution in [0, 0.1) is 17.8 Å². The lowest BCUT2D eigenvalue weighted by Gasteiger charge is -2.25. The van der Waals surface area contributed by atoms with Gasteiger partial charge in [-0.25, -0.2) is 0 Å². The molecule has 0 saturated heterocycles. The van der Waals surface area contributed by atoms with Crippen LogP contribution in [0.3, 0.4) is 0 Å². The SMILES string of the molecule is CC(C)C(CN(C)C)NC(=O)c1sccc1C#CCO. The molecule has 1 rings (SSSR count). The van der Waals surface area contributed by atoms with Crippen molar-refractivity contribution >= 4 is 17.2 Å². The molecule has 1 aromatic rings. The summed E-state index contributed by atoms with van der Waals surface area (Å²) in [5.41, 5.74) is 0.675. The Hall–Kier alpha value is -1.35. The van der Waals surface area contributed by atoms with Crippen LogP contribution in [0.2, 0.25) is 0 Å². The first-order valence-electron chi connectivity index (χ1n) is 6.58. The van der Waals surface area contributed by atoms with Crippen LogP contribution in [0.4, 0.5) is 0 Å². The first-order valence-corrected chi connectivity index (χ1v) is 7.46. The summed E-state index contributed by atoms with van der Waals surface area (Å²) in [5, 5.41) is 13.6. The number of hydrogen-bond acceptors (Lipinski definition) is 4. The molecule has 0 aromatic carbocycles. The van der Waals surface area contributed by atoms with Crippen LogP contribution in [-0.2, 0) is 0 Å². The van der Waals surface area contributed by atoms with Gasteiger partial charge in [0.2, 0.25) is 0 Å². The minimum Gasteiger partial charge on any atom is -0.384 e. The maximum Gasteiger partial charge on any atom is 0.262 e. The Labute approximate surface area is 124 Å². The van der Waals surface area contributed by atoms with Crippen molar-refractivity contribution in [1.29, 1.82) is 0 Å². The molecule has 0 spiro atoms. The summed E-state index contributed by atoms with van der Waals surface area (Å²) in [6.45, 7) is 4.78. The lowest BCUT2D eigenvalue weighted by molar-refractivity contribution is 0.0920. The Balaban J connectivity index is 2.81. The van der Waals surface area contributed by atoms with Crippen molar-refractivity contribution in [1.82, 2.24) is 10.2 Å². The molecule has 0 aliphatic carbocycles. The van der Waals surface area contributed by atoms with E-state index in [2.05, 4.69) is 35.9 Å². The van der Waals surface area contributed by atoms with Crippen LogP contribution in [0.25, 0.3) is 0 Å². The summed E-state index contributed by atoms with van der Waals surface area (Å²) in [6.07, 6.45) is 0. The molecule has 0 aliphatic rings. The van der Waals surface area contributed by atoms with E-state index in [1.807, 2.05) is 19.5 Å². The minimum atomic E-state index is -0.202. The molecule has 4 nitrogen and oxygen atoms in total. The smallest absolute Gasteiger partial charge is 0.262 e. The minimum absolute atomic E-state index is 0.0946. The first kappa shape index (κ1) is 16.7. The second kappa shape index (κ2) is 8.05. The molecule has 0 radical (unpaired) electrons. The van der Waals surface area contributed by atoms with Crippen molar-refractivity contribution in [2.24, 2.45) is 5.92 Å². The molecule has 1 unspecified atom stereocenters. The fourth-order valence-electron chi connectivity index (χ4n) is 1.77. The number of thiophene rings is 1. The number of carbonyl (C=O) groups is 1. The number of likely N-dealkylation sites (N-methyl/N-ethyl adjacent to an activating group) is 1. The highest BCUT2D eigenvalue weighted by Gasteiger charge is 2.20. The summed E-state index contributed by atoms with van der Waals surface area (Å²) in [4.78, 5) is 15.0. The fraction of sp³-hybridized carbons (Fsp3) is 0.533. The van der Waals surface area contributed by atoms with Gasteiger partial charge in [0.25, 0.3) is 5.91 Å².